The lowest BCUT2D eigenvalue weighted by Crippen LogP contribution is -2.30. The SMILES string of the molecule is CC\C=C/C=C\C=C/C=C\CCCCCCCC(=O)OC(COC(=O)CC/C=C\C/C=C\C/C=C\C/C=C\C/C=C\CC)COC(=O)CCC/C=C\CCCCCC. The van der Waals surface area contributed by atoms with E-state index in [1.807, 2.05) is 36.5 Å². The molecule has 0 fully saturated rings. The molecule has 0 bridgehead atoms. The van der Waals surface area contributed by atoms with Gasteiger partial charge in [0, 0.05) is 19.3 Å². The van der Waals surface area contributed by atoms with Crippen LogP contribution >= 0.6 is 0 Å². The number of hydrogen-bond donors (Lipinski definition) is 0. The van der Waals surface area contributed by atoms with Crippen LogP contribution < -0.4 is 0 Å². The van der Waals surface area contributed by atoms with E-state index >= 15 is 0 Å². The van der Waals surface area contributed by atoms with E-state index in [1.54, 1.807) is 0 Å². The molecule has 0 saturated carbocycles. The van der Waals surface area contributed by atoms with Gasteiger partial charge in [-0.1, -0.05) is 181 Å². The summed E-state index contributed by atoms with van der Waals surface area (Å²) < 4.78 is 16.6. The van der Waals surface area contributed by atoms with Gasteiger partial charge in [0.2, 0.25) is 0 Å². The summed E-state index contributed by atoms with van der Waals surface area (Å²) in [6, 6.07) is 0. The van der Waals surface area contributed by atoms with Crippen molar-refractivity contribution in [3.8, 4) is 0 Å². The molecule has 1 atom stereocenters. The van der Waals surface area contributed by atoms with Crippen LogP contribution in [0.2, 0.25) is 0 Å². The fourth-order valence-corrected chi connectivity index (χ4v) is 5.44. The number of carbonyl (C=O) groups excluding carboxylic acids is 3. The molecule has 0 aliphatic heterocycles. The molecule has 0 N–H and O–H groups in total. The summed E-state index contributed by atoms with van der Waals surface area (Å²) in [5.41, 5.74) is 0. The summed E-state index contributed by atoms with van der Waals surface area (Å²) >= 11 is 0. The first-order chi connectivity index (χ1) is 28.5. The molecule has 0 spiro atoms. The summed E-state index contributed by atoms with van der Waals surface area (Å²) in [4.78, 5) is 37.7. The van der Waals surface area contributed by atoms with Gasteiger partial charge >= 0.3 is 17.9 Å². The van der Waals surface area contributed by atoms with Gasteiger partial charge in [0.15, 0.2) is 6.10 Å². The quantitative estimate of drug-likeness (QED) is 0.0203. The van der Waals surface area contributed by atoms with Gasteiger partial charge in [-0.3, -0.25) is 14.4 Å². The number of hydrogen-bond acceptors (Lipinski definition) is 6. The summed E-state index contributed by atoms with van der Waals surface area (Å²) in [6.07, 6.45) is 62.0. The van der Waals surface area contributed by atoms with Gasteiger partial charge in [0.25, 0.3) is 0 Å². The Bertz CT molecular complexity index is 1290. The Morgan fingerprint density at radius 2 is 0.810 bits per heavy atom. The minimum Gasteiger partial charge on any atom is -0.462 e. The normalized spacial score (nSPS) is 13.2. The Kier molecular flexibility index (Phi) is 42.2. The van der Waals surface area contributed by atoms with Gasteiger partial charge in [-0.2, -0.15) is 0 Å². The van der Waals surface area contributed by atoms with Crippen molar-refractivity contribution in [3.05, 3.63) is 122 Å². The van der Waals surface area contributed by atoms with Gasteiger partial charge in [-0.15, -0.1) is 0 Å². The average molecular weight is 801 g/mol. The Morgan fingerprint density at radius 3 is 1.41 bits per heavy atom. The van der Waals surface area contributed by atoms with E-state index in [4.69, 9.17) is 14.2 Å². The van der Waals surface area contributed by atoms with Crippen molar-refractivity contribution >= 4 is 17.9 Å². The number of allylic oxidation sites excluding steroid dienone is 20. The number of ether oxygens (including phenoxy) is 3. The van der Waals surface area contributed by atoms with Crippen molar-refractivity contribution < 1.29 is 28.6 Å². The van der Waals surface area contributed by atoms with Crippen LogP contribution in [0.3, 0.4) is 0 Å². The summed E-state index contributed by atoms with van der Waals surface area (Å²) in [6.45, 7) is 6.20. The fraction of sp³-hybridized carbons (Fsp3) is 0.558. The minimum absolute atomic E-state index is 0.130. The van der Waals surface area contributed by atoms with Crippen molar-refractivity contribution in [2.75, 3.05) is 13.2 Å². The maximum absolute atomic E-state index is 12.7. The lowest BCUT2D eigenvalue weighted by atomic mass is 10.1. The number of esters is 3. The van der Waals surface area contributed by atoms with Crippen molar-refractivity contribution in [2.45, 2.75) is 175 Å². The molecule has 0 radical (unpaired) electrons. The molecule has 58 heavy (non-hydrogen) atoms. The van der Waals surface area contributed by atoms with Crippen LogP contribution in [-0.4, -0.2) is 37.2 Å². The molecule has 0 aromatic carbocycles. The van der Waals surface area contributed by atoms with Crippen molar-refractivity contribution in [1.29, 1.82) is 0 Å². The zero-order chi connectivity index (χ0) is 42.3. The molecule has 0 saturated heterocycles. The van der Waals surface area contributed by atoms with Gasteiger partial charge in [-0.25, -0.2) is 0 Å². The van der Waals surface area contributed by atoms with E-state index in [9.17, 15) is 14.4 Å². The smallest absolute Gasteiger partial charge is 0.306 e. The summed E-state index contributed by atoms with van der Waals surface area (Å²) in [5, 5.41) is 0. The third-order valence-electron chi connectivity index (χ3n) is 8.79. The van der Waals surface area contributed by atoms with Crippen LogP contribution in [-0.2, 0) is 28.6 Å². The number of unbranched alkanes of at least 4 members (excludes halogenated alkanes) is 10. The molecule has 6 nitrogen and oxygen atoms in total. The predicted octanol–water partition coefficient (Wildman–Crippen LogP) is 14.6. The first-order valence-electron chi connectivity index (χ1n) is 22.6. The van der Waals surface area contributed by atoms with Crippen LogP contribution in [0.1, 0.15) is 168 Å². The number of rotatable bonds is 38. The molecule has 0 heterocycles. The molecule has 0 aromatic rings. The molecular weight excluding hydrogens is 721 g/mol. The Hall–Kier alpha value is -4.19. The second-order valence-corrected chi connectivity index (χ2v) is 14.3. The van der Waals surface area contributed by atoms with E-state index in [-0.39, 0.29) is 50.4 Å². The van der Waals surface area contributed by atoms with Gasteiger partial charge in [0.1, 0.15) is 13.2 Å². The monoisotopic (exact) mass is 801 g/mol. The minimum atomic E-state index is -0.832. The maximum atomic E-state index is 12.7. The fourth-order valence-electron chi connectivity index (χ4n) is 5.44. The Morgan fingerprint density at radius 1 is 0.379 bits per heavy atom. The van der Waals surface area contributed by atoms with Crippen molar-refractivity contribution in [1.82, 2.24) is 0 Å². The first-order valence-corrected chi connectivity index (χ1v) is 22.6. The number of carbonyl (C=O) groups is 3. The highest BCUT2D eigenvalue weighted by Gasteiger charge is 2.19. The Balaban J connectivity index is 4.58. The van der Waals surface area contributed by atoms with Crippen LogP contribution in [0.25, 0.3) is 0 Å². The van der Waals surface area contributed by atoms with Crippen LogP contribution in [0.4, 0.5) is 0 Å². The summed E-state index contributed by atoms with van der Waals surface area (Å²) in [7, 11) is 0. The van der Waals surface area contributed by atoms with Gasteiger partial charge < -0.3 is 14.2 Å². The van der Waals surface area contributed by atoms with Crippen LogP contribution in [0.5, 0.6) is 0 Å². The first kappa shape index (κ1) is 53.8. The van der Waals surface area contributed by atoms with E-state index in [1.165, 1.54) is 25.7 Å². The zero-order valence-corrected chi connectivity index (χ0v) is 36.8. The standard InChI is InChI=1S/C52H80O6/c1-4-7-10-13-16-19-21-23-25-27-28-30-33-36-39-42-45-51(54)57-48-49(47-56-50(53)44-41-38-35-32-18-15-12-9-6-3)58-52(55)46-43-40-37-34-31-29-26-24-22-20-17-14-11-8-5-2/h7-8,10-11,14,16-17,19-20,22-26,28,30,32,35-36,39,49H,4-6,9,12-13,15,18,21,27,29,31,33-34,37-38,40-48H2,1-3H3/b10-7-,11-8-,17-14-,19-16-,22-20-,25-23-,26-24-,30-28-,35-32-,39-36-. The second kappa shape index (κ2) is 45.5. The van der Waals surface area contributed by atoms with E-state index < -0.39 is 6.10 Å². The Labute approximate surface area is 354 Å². The highest BCUT2D eigenvalue weighted by atomic mass is 16.6. The lowest BCUT2D eigenvalue weighted by Gasteiger charge is -2.18. The molecule has 0 aromatic heterocycles. The van der Waals surface area contributed by atoms with Gasteiger partial charge in [-0.05, 0) is 89.9 Å². The molecule has 0 aliphatic carbocycles. The molecule has 1 unspecified atom stereocenters. The third-order valence-corrected chi connectivity index (χ3v) is 8.79. The van der Waals surface area contributed by atoms with Crippen molar-refractivity contribution in [3.63, 3.8) is 0 Å². The molecule has 0 amide bonds. The maximum Gasteiger partial charge on any atom is 0.306 e. The highest BCUT2D eigenvalue weighted by Crippen LogP contribution is 2.11. The predicted molar refractivity (Wildman–Crippen MR) is 246 cm³/mol. The second-order valence-electron chi connectivity index (χ2n) is 14.3. The van der Waals surface area contributed by atoms with Crippen LogP contribution in [0, 0.1) is 0 Å². The lowest BCUT2D eigenvalue weighted by molar-refractivity contribution is -0.166. The largest absolute Gasteiger partial charge is 0.462 e. The topological polar surface area (TPSA) is 78.9 Å². The molecule has 0 rings (SSSR count). The van der Waals surface area contributed by atoms with E-state index in [2.05, 4.69) is 106 Å². The molecule has 0 aliphatic rings. The molecular formula is C52H80O6. The van der Waals surface area contributed by atoms with Gasteiger partial charge in [0.05, 0.1) is 0 Å². The van der Waals surface area contributed by atoms with E-state index in [0.29, 0.717) is 12.8 Å². The van der Waals surface area contributed by atoms with E-state index in [0.717, 1.165) is 89.9 Å². The molecule has 324 valence electrons. The molecule has 6 heteroatoms. The third kappa shape index (κ3) is 42.9. The summed E-state index contributed by atoms with van der Waals surface area (Å²) in [5.74, 6) is -1.09. The van der Waals surface area contributed by atoms with Crippen molar-refractivity contribution in [2.24, 2.45) is 0 Å². The zero-order valence-electron chi connectivity index (χ0n) is 36.8. The highest BCUT2D eigenvalue weighted by molar-refractivity contribution is 5.71. The average Bonchev–Trinajstić information content (AvgIpc) is 3.22. The van der Waals surface area contributed by atoms with Crippen LogP contribution in [0.15, 0.2) is 122 Å².